The average molecular weight is 299 g/mol. The van der Waals surface area contributed by atoms with Crippen LogP contribution in [0.4, 0.5) is 0 Å². The monoisotopic (exact) mass is 299 g/mol. The fourth-order valence-corrected chi connectivity index (χ4v) is 3.63. The van der Waals surface area contributed by atoms with Crippen LogP contribution in [0.1, 0.15) is 36.9 Å². The summed E-state index contributed by atoms with van der Waals surface area (Å²) in [6.45, 7) is 6.22. The molecule has 0 amide bonds. The average Bonchev–Trinajstić information content (AvgIpc) is 3.11. The highest BCUT2D eigenvalue weighted by molar-refractivity contribution is 7.18. The molecule has 3 aromatic rings. The lowest BCUT2D eigenvalue weighted by atomic mass is 10.1. The molecule has 0 fully saturated rings. The van der Waals surface area contributed by atoms with Gasteiger partial charge < -0.3 is 9.88 Å². The van der Waals surface area contributed by atoms with Gasteiger partial charge in [-0.3, -0.25) is 0 Å². The summed E-state index contributed by atoms with van der Waals surface area (Å²) in [4.78, 5) is 4.70. The SMILES string of the molecule is CCNC(CC)c1ccn(Cc2nc3ccccc3s2)c1. The fraction of sp³-hybridized carbons (Fsp3) is 0.353. The maximum atomic E-state index is 4.70. The Balaban J connectivity index is 1.77. The summed E-state index contributed by atoms with van der Waals surface area (Å²) in [6, 6.07) is 11.0. The number of para-hydroxylation sites is 1. The van der Waals surface area contributed by atoms with Gasteiger partial charge in [-0.2, -0.15) is 0 Å². The number of benzene rings is 1. The molecule has 0 aliphatic carbocycles. The minimum absolute atomic E-state index is 0.451. The topological polar surface area (TPSA) is 29.9 Å². The first-order valence-electron chi connectivity index (χ1n) is 7.53. The maximum absolute atomic E-state index is 4.70. The van der Waals surface area contributed by atoms with E-state index in [4.69, 9.17) is 4.98 Å². The van der Waals surface area contributed by atoms with Crippen LogP contribution >= 0.6 is 11.3 Å². The molecule has 21 heavy (non-hydrogen) atoms. The third kappa shape index (κ3) is 3.17. The van der Waals surface area contributed by atoms with Crippen molar-refractivity contribution in [2.24, 2.45) is 0 Å². The highest BCUT2D eigenvalue weighted by Gasteiger charge is 2.10. The van der Waals surface area contributed by atoms with Crippen molar-refractivity contribution in [2.45, 2.75) is 32.9 Å². The minimum Gasteiger partial charge on any atom is -0.347 e. The van der Waals surface area contributed by atoms with Crippen molar-refractivity contribution in [3.63, 3.8) is 0 Å². The first-order valence-corrected chi connectivity index (χ1v) is 8.35. The van der Waals surface area contributed by atoms with E-state index in [1.807, 2.05) is 6.07 Å². The van der Waals surface area contributed by atoms with Crippen LogP contribution < -0.4 is 5.32 Å². The molecule has 1 atom stereocenters. The smallest absolute Gasteiger partial charge is 0.114 e. The third-order valence-electron chi connectivity index (χ3n) is 3.69. The van der Waals surface area contributed by atoms with Gasteiger partial charge in [-0.05, 0) is 36.7 Å². The Kier molecular flexibility index (Phi) is 4.36. The second-order valence-corrected chi connectivity index (χ2v) is 6.33. The second kappa shape index (κ2) is 6.41. The molecule has 3 nitrogen and oxygen atoms in total. The number of thiazole rings is 1. The van der Waals surface area contributed by atoms with Crippen LogP contribution in [0.25, 0.3) is 10.2 Å². The Morgan fingerprint density at radius 1 is 1.24 bits per heavy atom. The molecule has 3 rings (SSSR count). The van der Waals surface area contributed by atoms with E-state index < -0.39 is 0 Å². The summed E-state index contributed by atoms with van der Waals surface area (Å²) in [7, 11) is 0. The van der Waals surface area contributed by atoms with Crippen LogP contribution in [-0.2, 0) is 6.54 Å². The predicted octanol–water partition coefficient (Wildman–Crippen LogP) is 4.21. The van der Waals surface area contributed by atoms with Gasteiger partial charge in [-0.1, -0.05) is 26.0 Å². The lowest BCUT2D eigenvalue weighted by Gasteiger charge is -2.13. The zero-order valence-corrected chi connectivity index (χ0v) is 13.4. The number of aromatic nitrogens is 2. The van der Waals surface area contributed by atoms with E-state index in [1.165, 1.54) is 10.3 Å². The molecule has 0 aliphatic heterocycles. The quantitative estimate of drug-likeness (QED) is 0.739. The molecule has 110 valence electrons. The van der Waals surface area contributed by atoms with Crippen LogP contribution in [0.3, 0.4) is 0 Å². The summed E-state index contributed by atoms with van der Waals surface area (Å²) in [5.74, 6) is 0. The van der Waals surface area contributed by atoms with Crippen molar-refractivity contribution in [2.75, 3.05) is 6.54 Å². The molecule has 0 bridgehead atoms. The molecule has 4 heteroatoms. The van der Waals surface area contributed by atoms with Gasteiger partial charge >= 0.3 is 0 Å². The Bertz CT molecular complexity index is 680. The first kappa shape index (κ1) is 14.3. The molecular formula is C17H21N3S. The van der Waals surface area contributed by atoms with Crippen molar-refractivity contribution in [3.05, 3.63) is 53.3 Å². The van der Waals surface area contributed by atoms with Gasteiger partial charge in [-0.15, -0.1) is 11.3 Å². The molecule has 1 unspecified atom stereocenters. The van der Waals surface area contributed by atoms with Crippen molar-refractivity contribution in [1.82, 2.24) is 14.9 Å². The maximum Gasteiger partial charge on any atom is 0.114 e. The van der Waals surface area contributed by atoms with Gasteiger partial charge in [0, 0.05) is 18.4 Å². The van der Waals surface area contributed by atoms with Gasteiger partial charge in [0.25, 0.3) is 0 Å². The summed E-state index contributed by atoms with van der Waals surface area (Å²) >= 11 is 1.78. The summed E-state index contributed by atoms with van der Waals surface area (Å²) in [6.07, 6.45) is 5.50. The van der Waals surface area contributed by atoms with Gasteiger partial charge in [0.15, 0.2) is 0 Å². The summed E-state index contributed by atoms with van der Waals surface area (Å²) < 4.78 is 3.49. The normalized spacial score (nSPS) is 12.9. The first-order chi connectivity index (χ1) is 10.3. The number of nitrogens with one attached hydrogen (secondary N) is 1. The minimum atomic E-state index is 0.451. The molecule has 2 heterocycles. The van der Waals surface area contributed by atoms with Crippen LogP contribution in [0, 0.1) is 0 Å². The van der Waals surface area contributed by atoms with E-state index in [9.17, 15) is 0 Å². The molecule has 1 N–H and O–H groups in total. The molecular weight excluding hydrogens is 278 g/mol. The zero-order chi connectivity index (χ0) is 14.7. The Labute approximate surface area is 129 Å². The van der Waals surface area contributed by atoms with E-state index in [2.05, 4.69) is 60.4 Å². The predicted molar refractivity (Wildman–Crippen MR) is 89.9 cm³/mol. The van der Waals surface area contributed by atoms with Crippen molar-refractivity contribution in [3.8, 4) is 0 Å². The third-order valence-corrected chi connectivity index (χ3v) is 4.71. The van der Waals surface area contributed by atoms with E-state index in [-0.39, 0.29) is 0 Å². The summed E-state index contributed by atoms with van der Waals surface area (Å²) in [5, 5.41) is 4.68. The standard InChI is InChI=1S/C17H21N3S/c1-3-14(18-4-2)13-9-10-20(11-13)12-17-19-15-7-5-6-8-16(15)21-17/h5-11,14,18H,3-4,12H2,1-2H3. The fourth-order valence-electron chi connectivity index (χ4n) is 2.65. The molecule has 2 aromatic heterocycles. The highest BCUT2D eigenvalue weighted by atomic mass is 32.1. The second-order valence-electron chi connectivity index (χ2n) is 5.21. The Morgan fingerprint density at radius 3 is 2.86 bits per heavy atom. The molecule has 0 saturated carbocycles. The molecule has 0 saturated heterocycles. The van der Waals surface area contributed by atoms with Gasteiger partial charge in [0.05, 0.1) is 16.8 Å². The number of hydrogen-bond donors (Lipinski definition) is 1. The lowest BCUT2D eigenvalue weighted by molar-refractivity contribution is 0.536. The molecule has 0 spiro atoms. The molecule has 1 aromatic carbocycles. The lowest BCUT2D eigenvalue weighted by Crippen LogP contribution is -2.19. The van der Waals surface area contributed by atoms with Crippen molar-refractivity contribution >= 4 is 21.6 Å². The Morgan fingerprint density at radius 2 is 2.10 bits per heavy atom. The van der Waals surface area contributed by atoms with E-state index in [0.717, 1.165) is 30.0 Å². The largest absolute Gasteiger partial charge is 0.347 e. The zero-order valence-electron chi connectivity index (χ0n) is 12.5. The number of nitrogens with zero attached hydrogens (tertiary/aromatic N) is 2. The van der Waals surface area contributed by atoms with E-state index in [0.29, 0.717) is 6.04 Å². The van der Waals surface area contributed by atoms with Crippen LogP contribution in [-0.4, -0.2) is 16.1 Å². The number of rotatable bonds is 6. The van der Waals surface area contributed by atoms with E-state index >= 15 is 0 Å². The van der Waals surface area contributed by atoms with Crippen LogP contribution in [0.2, 0.25) is 0 Å². The van der Waals surface area contributed by atoms with Gasteiger partial charge in [-0.25, -0.2) is 4.98 Å². The molecule has 0 radical (unpaired) electrons. The number of fused-ring (bicyclic) bond motifs is 1. The van der Waals surface area contributed by atoms with Crippen molar-refractivity contribution in [1.29, 1.82) is 0 Å². The van der Waals surface area contributed by atoms with Crippen molar-refractivity contribution < 1.29 is 0 Å². The highest BCUT2D eigenvalue weighted by Crippen LogP contribution is 2.23. The molecule has 0 aliphatic rings. The van der Waals surface area contributed by atoms with Crippen LogP contribution in [0.5, 0.6) is 0 Å². The van der Waals surface area contributed by atoms with Gasteiger partial charge in [0.1, 0.15) is 5.01 Å². The van der Waals surface area contributed by atoms with Gasteiger partial charge in [0.2, 0.25) is 0 Å². The Hall–Kier alpha value is -1.65. The van der Waals surface area contributed by atoms with E-state index in [1.54, 1.807) is 11.3 Å². The summed E-state index contributed by atoms with van der Waals surface area (Å²) in [5.41, 5.74) is 2.46. The van der Waals surface area contributed by atoms with Crippen LogP contribution in [0.15, 0.2) is 42.7 Å². The number of hydrogen-bond acceptors (Lipinski definition) is 3.